The average Bonchev–Trinajstić information content (AvgIpc) is 2.44. The molecule has 3 N–H and O–H groups in total. The number of hydrogen-bond donors (Lipinski definition) is 3. The van der Waals surface area contributed by atoms with Gasteiger partial charge in [0.15, 0.2) is 0 Å². The molecule has 0 heterocycles. The van der Waals surface area contributed by atoms with Crippen LogP contribution in [0.1, 0.15) is 30.6 Å². The van der Waals surface area contributed by atoms with Crippen LogP contribution in [0.3, 0.4) is 0 Å². The fourth-order valence-electron chi connectivity index (χ4n) is 1.71. The van der Waals surface area contributed by atoms with Gasteiger partial charge in [0.1, 0.15) is 6.04 Å². The fraction of sp³-hybridized carbons (Fsp3) is 0.267. The summed E-state index contributed by atoms with van der Waals surface area (Å²) in [4.78, 5) is 34.4. The third-order valence-electron chi connectivity index (χ3n) is 2.74. The normalized spacial score (nSPS) is 12.0. The molecule has 0 saturated heterocycles. The molecule has 1 atom stereocenters. The van der Waals surface area contributed by atoms with Crippen LogP contribution >= 0.6 is 11.6 Å². The number of carbonyl (C=O) groups excluding carboxylic acids is 2. The molecule has 1 unspecified atom stereocenters. The van der Waals surface area contributed by atoms with E-state index >= 15 is 0 Å². The lowest BCUT2D eigenvalue weighted by atomic mass is 10.1. The first-order valence-electron chi connectivity index (χ1n) is 6.57. The molecule has 0 aliphatic carbocycles. The summed E-state index contributed by atoms with van der Waals surface area (Å²) in [7, 11) is 0. The number of carboxylic acids is 1. The molecule has 1 aromatic carbocycles. The maximum atomic E-state index is 12.2. The first kappa shape index (κ1) is 17.7. The molecule has 22 heavy (non-hydrogen) atoms. The predicted octanol–water partition coefficient (Wildman–Crippen LogP) is 2.45. The maximum absolute atomic E-state index is 12.2. The lowest BCUT2D eigenvalue weighted by Gasteiger charge is -2.14. The van der Waals surface area contributed by atoms with E-state index in [0.29, 0.717) is 5.69 Å². The number of anilines is 1. The Morgan fingerprint density at radius 1 is 1.36 bits per heavy atom. The van der Waals surface area contributed by atoms with Crippen LogP contribution in [0, 0.1) is 0 Å². The van der Waals surface area contributed by atoms with Crippen LogP contribution in [-0.4, -0.2) is 28.9 Å². The van der Waals surface area contributed by atoms with Crippen LogP contribution in [-0.2, 0) is 9.59 Å². The Balaban J connectivity index is 2.95. The predicted molar refractivity (Wildman–Crippen MR) is 84.1 cm³/mol. The number of hydrogen-bond acceptors (Lipinski definition) is 3. The van der Waals surface area contributed by atoms with E-state index in [1.165, 1.54) is 19.1 Å². The Morgan fingerprint density at radius 3 is 2.59 bits per heavy atom. The van der Waals surface area contributed by atoms with E-state index in [1.807, 2.05) is 0 Å². The lowest BCUT2D eigenvalue weighted by molar-refractivity contribution is -0.139. The van der Waals surface area contributed by atoms with E-state index in [4.69, 9.17) is 16.7 Å². The van der Waals surface area contributed by atoms with Crippen molar-refractivity contribution < 1.29 is 19.5 Å². The second kappa shape index (κ2) is 8.19. The van der Waals surface area contributed by atoms with E-state index in [9.17, 15) is 14.4 Å². The molecule has 0 aliphatic rings. The molecular formula is C15H17ClN2O4. The van der Waals surface area contributed by atoms with Crippen LogP contribution in [0.4, 0.5) is 5.69 Å². The van der Waals surface area contributed by atoms with Gasteiger partial charge in [-0.25, -0.2) is 4.79 Å². The van der Waals surface area contributed by atoms with E-state index in [2.05, 4.69) is 10.6 Å². The standard InChI is InChI=1S/C15H17ClN2O4/c1-3-4-5-13(15(21)22)18-14(20)11-8-10(17-9(2)19)6-7-12(11)16/h3-4,6-8,13H,5H2,1-2H3,(H,17,19)(H,18,20)(H,21,22)/b4-3+. The summed E-state index contributed by atoms with van der Waals surface area (Å²) in [5, 5.41) is 14.2. The Labute approximate surface area is 133 Å². The SMILES string of the molecule is C/C=C/CC(NC(=O)c1cc(NC(C)=O)ccc1Cl)C(=O)O. The topological polar surface area (TPSA) is 95.5 Å². The highest BCUT2D eigenvalue weighted by Gasteiger charge is 2.21. The van der Waals surface area contributed by atoms with Gasteiger partial charge in [-0.05, 0) is 31.5 Å². The fourth-order valence-corrected chi connectivity index (χ4v) is 1.91. The summed E-state index contributed by atoms with van der Waals surface area (Å²) in [5.74, 6) is -2.04. The molecule has 2 amide bonds. The van der Waals surface area contributed by atoms with Gasteiger partial charge < -0.3 is 15.7 Å². The lowest BCUT2D eigenvalue weighted by Crippen LogP contribution is -2.40. The van der Waals surface area contributed by atoms with Gasteiger partial charge in [-0.2, -0.15) is 0 Å². The third kappa shape index (κ3) is 5.21. The summed E-state index contributed by atoms with van der Waals surface area (Å²) in [6, 6.07) is 3.36. The zero-order chi connectivity index (χ0) is 16.7. The van der Waals surface area contributed by atoms with Crippen LogP contribution in [0.15, 0.2) is 30.4 Å². The Morgan fingerprint density at radius 2 is 2.05 bits per heavy atom. The molecule has 0 aliphatic heterocycles. The largest absolute Gasteiger partial charge is 0.480 e. The van der Waals surface area contributed by atoms with Crippen molar-refractivity contribution in [2.24, 2.45) is 0 Å². The van der Waals surface area contributed by atoms with Gasteiger partial charge in [-0.3, -0.25) is 9.59 Å². The molecule has 1 rings (SSSR count). The highest BCUT2D eigenvalue weighted by molar-refractivity contribution is 6.34. The molecule has 1 aromatic rings. The second-order valence-corrected chi connectivity index (χ2v) is 4.95. The Hall–Kier alpha value is -2.34. The van der Waals surface area contributed by atoms with Crippen LogP contribution in [0.2, 0.25) is 5.02 Å². The summed E-state index contributed by atoms with van der Waals surface area (Å²) < 4.78 is 0. The van der Waals surface area contributed by atoms with E-state index in [-0.39, 0.29) is 22.9 Å². The van der Waals surface area contributed by atoms with Gasteiger partial charge in [-0.1, -0.05) is 23.8 Å². The van der Waals surface area contributed by atoms with Crippen molar-refractivity contribution in [2.45, 2.75) is 26.3 Å². The minimum atomic E-state index is -1.14. The Bertz CT molecular complexity index is 614. The van der Waals surface area contributed by atoms with E-state index in [0.717, 1.165) is 0 Å². The van der Waals surface area contributed by atoms with Crippen molar-refractivity contribution in [3.63, 3.8) is 0 Å². The number of aliphatic carboxylic acids is 1. The van der Waals surface area contributed by atoms with Crippen LogP contribution in [0.25, 0.3) is 0 Å². The van der Waals surface area contributed by atoms with Crippen LogP contribution < -0.4 is 10.6 Å². The minimum absolute atomic E-state index is 0.0969. The second-order valence-electron chi connectivity index (χ2n) is 4.54. The van der Waals surface area contributed by atoms with Gasteiger partial charge in [0.05, 0.1) is 10.6 Å². The number of rotatable bonds is 6. The summed E-state index contributed by atoms with van der Waals surface area (Å²) in [5.41, 5.74) is 0.502. The quantitative estimate of drug-likeness (QED) is 0.700. The molecule has 6 nitrogen and oxygen atoms in total. The number of nitrogens with one attached hydrogen (secondary N) is 2. The van der Waals surface area contributed by atoms with Crippen molar-refractivity contribution >= 4 is 35.1 Å². The van der Waals surface area contributed by atoms with Crippen LogP contribution in [0.5, 0.6) is 0 Å². The average molecular weight is 325 g/mol. The number of amides is 2. The van der Waals surface area contributed by atoms with Crippen molar-refractivity contribution in [3.8, 4) is 0 Å². The third-order valence-corrected chi connectivity index (χ3v) is 3.07. The molecule has 0 bridgehead atoms. The number of carbonyl (C=O) groups is 3. The van der Waals surface area contributed by atoms with Crippen molar-refractivity contribution in [1.29, 1.82) is 0 Å². The Kier molecular flexibility index (Phi) is 6.59. The molecule has 0 spiro atoms. The molecular weight excluding hydrogens is 308 g/mol. The summed E-state index contributed by atoms with van der Waals surface area (Å²) in [6.45, 7) is 3.10. The minimum Gasteiger partial charge on any atom is -0.480 e. The highest BCUT2D eigenvalue weighted by atomic mass is 35.5. The van der Waals surface area contributed by atoms with Gasteiger partial charge in [0.25, 0.3) is 5.91 Å². The molecule has 0 fully saturated rings. The van der Waals surface area contributed by atoms with Gasteiger partial charge in [0.2, 0.25) is 5.91 Å². The molecule has 118 valence electrons. The summed E-state index contributed by atoms with van der Waals surface area (Å²) >= 11 is 5.96. The maximum Gasteiger partial charge on any atom is 0.326 e. The first-order chi connectivity index (χ1) is 10.3. The summed E-state index contributed by atoms with van der Waals surface area (Å²) in [6.07, 6.45) is 3.52. The van der Waals surface area contributed by atoms with Crippen molar-refractivity contribution in [3.05, 3.63) is 40.9 Å². The number of allylic oxidation sites excluding steroid dienone is 1. The zero-order valence-corrected chi connectivity index (χ0v) is 13.0. The van der Waals surface area contributed by atoms with Crippen molar-refractivity contribution in [2.75, 3.05) is 5.32 Å². The molecule has 0 saturated carbocycles. The van der Waals surface area contributed by atoms with Crippen molar-refractivity contribution in [1.82, 2.24) is 5.32 Å². The molecule has 0 aromatic heterocycles. The van der Waals surface area contributed by atoms with E-state index in [1.54, 1.807) is 25.1 Å². The highest BCUT2D eigenvalue weighted by Crippen LogP contribution is 2.21. The molecule has 7 heteroatoms. The monoisotopic (exact) mass is 324 g/mol. The molecule has 0 radical (unpaired) electrons. The number of benzene rings is 1. The van der Waals surface area contributed by atoms with E-state index < -0.39 is 17.9 Å². The zero-order valence-electron chi connectivity index (χ0n) is 12.2. The number of halogens is 1. The first-order valence-corrected chi connectivity index (χ1v) is 6.95. The number of carboxylic acid groups (broad SMARTS) is 1. The smallest absolute Gasteiger partial charge is 0.326 e. The van der Waals surface area contributed by atoms with Gasteiger partial charge >= 0.3 is 5.97 Å². The van der Waals surface area contributed by atoms with Gasteiger partial charge in [0, 0.05) is 12.6 Å². The van der Waals surface area contributed by atoms with Gasteiger partial charge in [-0.15, -0.1) is 0 Å².